The summed E-state index contributed by atoms with van der Waals surface area (Å²) >= 11 is 6.54. The number of aromatic amines is 1. The van der Waals surface area contributed by atoms with Crippen LogP contribution in [0.25, 0.3) is 33.5 Å². The van der Waals surface area contributed by atoms with Gasteiger partial charge in [-0.15, -0.1) is 0 Å². The lowest BCUT2D eigenvalue weighted by molar-refractivity contribution is 0.0695. The standard InChI is InChI=1S/C27H20ClN3O4/c1-15-3-10-20(13-21(15)26(32)33)35-27-29-23-14-22(28)24(30-25(23)31-27)18-6-4-16(5-7-18)17-8-11-19(34-2)12-9-17/h3-14H,1-2H3,(H,32,33)(H,29,30,31). The van der Waals surface area contributed by atoms with Crippen LogP contribution in [0.5, 0.6) is 17.5 Å². The molecule has 2 N–H and O–H groups in total. The van der Waals surface area contributed by atoms with E-state index in [0.29, 0.717) is 33.2 Å². The van der Waals surface area contributed by atoms with Gasteiger partial charge in [0.2, 0.25) is 0 Å². The number of aromatic carboxylic acids is 1. The van der Waals surface area contributed by atoms with E-state index in [0.717, 1.165) is 22.4 Å². The molecule has 0 aliphatic carbocycles. The third-order valence-corrected chi connectivity index (χ3v) is 5.93. The summed E-state index contributed by atoms with van der Waals surface area (Å²) in [6.45, 7) is 1.73. The van der Waals surface area contributed by atoms with Crippen LogP contribution in [0.3, 0.4) is 0 Å². The molecule has 5 aromatic rings. The van der Waals surface area contributed by atoms with Gasteiger partial charge in [0.05, 0.1) is 28.9 Å². The van der Waals surface area contributed by atoms with Gasteiger partial charge in [0.25, 0.3) is 0 Å². The molecule has 5 rings (SSSR count). The molecule has 0 fully saturated rings. The van der Waals surface area contributed by atoms with Gasteiger partial charge in [-0.1, -0.05) is 54.1 Å². The molecule has 35 heavy (non-hydrogen) atoms. The van der Waals surface area contributed by atoms with Crippen molar-refractivity contribution in [3.8, 4) is 39.9 Å². The maximum Gasteiger partial charge on any atom is 0.336 e. The fourth-order valence-corrected chi connectivity index (χ4v) is 4.02. The second-order valence-corrected chi connectivity index (χ2v) is 8.33. The van der Waals surface area contributed by atoms with E-state index in [1.807, 2.05) is 48.5 Å². The van der Waals surface area contributed by atoms with Gasteiger partial charge in [0.1, 0.15) is 11.5 Å². The molecule has 0 saturated heterocycles. The molecule has 3 aromatic carbocycles. The number of ether oxygens (including phenoxy) is 2. The van der Waals surface area contributed by atoms with E-state index in [1.165, 1.54) is 6.07 Å². The van der Waals surface area contributed by atoms with Crippen molar-refractivity contribution in [3.63, 3.8) is 0 Å². The molecule has 8 heteroatoms. The quantitative estimate of drug-likeness (QED) is 0.276. The zero-order valence-electron chi connectivity index (χ0n) is 18.9. The number of methoxy groups -OCH3 is 1. The van der Waals surface area contributed by atoms with Crippen LogP contribution in [0, 0.1) is 6.92 Å². The number of fused-ring (bicyclic) bond motifs is 1. The number of nitrogens with zero attached hydrogens (tertiary/aromatic N) is 2. The summed E-state index contributed by atoms with van der Waals surface area (Å²) in [4.78, 5) is 23.5. The second-order valence-electron chi connectivity index (χ2n) is 7.92. The van der Waals surface area contributed by atoms with Gasteiger partial charge >= 0.3 is 12.0 Å². The number of H-pyrrole nitrogens is 1. The highest BCUT2D eigenvalue weighted by Crippen LogP contribution is 2.32. The van der Waals surface area contributed by atoms with Crippen molar-refractivity contribution in [1.29, 1.82) is 0 Å². The lowest BCUT2D eigenvalue weighted by Gasteiger charge is -2.07. The number of nitrogens with one attached hydrogen (secondary N) is 1. The van der Waals surface area contributed by atoms with Gasteiger partial charge in [-0.25, -0.2) is 9.78 Å². The molecule has 0 unspecified atom stereocenters. The molecule has 0 bridgehead atoms. The second kappa shape index (κ2) is 9.12. The molecule has 0 saturated carbocycles. The van der Waals surface area contributed by atoms with Crippen LogP contribution in [0.4, 0.5) is 0 Å². The van der Waals surface area contributed by atoms with Crippen molar-refractivity contribution in [1.82, 2.24) is 15.0 Å². The van der Waals surface area contributed by atoms with E-state index in [9.17, 15) is 9.90 Å². The van der Waals surface area contributed by atoms with Crippen LogP contribution in [-0.2, 0) is 0 Å². The van der Waals surface area contributed by atoms with Crippen molar-refractivity contribution in [3.05, 3.63) is 88.9 Å². The molecule has 7 nitrogen and oxygen atoms in total. The molecule has 0 aliphatic heterocycles. The van der Waals surface area contributed by atoms with E-state index in [2.05, 4.69) is 15.0 Å². The minimum absolute atomic E-state index is 0.167. The van der Waals surface area contributed by atoms with Crippen molar-refractivity contribution in [2.45, 2.75) is 6.92 Å². The Balaban J connectivity index is 1.42. The Labute approximate surface area is 206 Å². The number of carboxylic acids is 1. The number of pyridine rings is 1. The monoisotopic (exact) mass is 485 g/mol. The van der Waals surface area contributed by atoms with Crippen LogP contribution in [0.2, 0.25) is 5.02 Å². The topological polar surface area (TPSA) is 97.3 Å². The zero-order valence-corrected chi connectivity index (χ0v) is 19.6. The Morgan fingerprint density at radius 2 is 1.51 bits per heavy atom. The van der Waals surface area contributed by atoms with E-state index >= 15 is 0 Å². The average Bonchev–Trinajstić information content (AvgIpc) is 3.25. The maximum absolute atomic E-state index is 11.4. The molecule has 0 atom stereocenters. The first-order valence-electron chi connectivity index (χ1n) is 10.7. The molecule has 0 amide bonds. The summed E-state index contributed by atoms with van der Waals surface area (Å²) in [5.41, 5.74) is 5.43. The van der Waals surface area contributed by atoms with Gasteiger partial charge in [-0.2, -0.15) is 4.98 Å². The molecule has 2 aromatic heterocycles. The van der Waals surface area contributed by atoms with Crippen molar-refractivity contribution >= 4 is 28.7 Å². The van der Waals surface area contributed by atoms with Crippen LogP contribution in [-0.4, -0.2) is 33.1 Å². The molecule has 0 aliphatic rings. The largest absolute Gasteiger partial charge is 0.497 e. The zero-order chi connectivity index (χ0) is 24.5. The number of hydrogen-bond donors (Lipinski definition) is 2. The molecule has 2 heterocycles. The Morgan fingerprint density at radius 1 is 0.886 bits per heavy atom. The molecular weight excluding hydrogens is 466 g/mol. The normalized spacial score (nSPS) is 10.9. The fourth-order valence-electron chi connectivity index (χ4n) is 3.76. The lowest BCUT2D eigenvalue weighted by Crippen LogP contribution is -2.00. The smallest absolute Gasteiger partial charge is 0.336 e. The highest BCUT2D eigenvalue weighted by molar-refractivity contribution is 6.33. The summed E-state index contributed by atoms with van der Waals surface area (Å²) < 4.78 is 11.0. The molecular formula is C27H20ClN3O4. The number of hydrogen-bond acceptors (Lipinski definition) is 5. The predicted molar refractivity (Wildman–Crippen MR) is 135 cm³/mol. The molecule has 0 radical (unpaired) electrons. The first kappa shape index (κ1) is 22.4. The highest BCUT2D eigenvalue weighted by Gasteiger charge is 2.14. The number of aryl methyl sites for hydroxylation is 1. The van der Waals surface area contributed by atoms with E-state index < -0.39 is 5.97 Å². The first-order valence-corrected chi connectivity index (χ1v) is 11.1. The highest BCUT2D eigenvalue weighted by atomic mass is 35.5. The molecule has 174 valence electrons. The lowest BCUT2D eigenvalue weighted by atomic mass is 10.0. The Morgan fingerprint density at radius 3 is 2.17 bits per heavy atom. The van der Waals surface area contributed by atoms with Crippen LogP contribution in [0.15, 0.2) is 72.8 Å². The summed E-state index contributed by atoms with van der Waals surface area (Å²) in [7, 11) is 1.64. The van der Waals surface area contributed by atoms with Crippen LogP contribution in [0.1, 0.15) is 15.9 Å². The van der Waals surface area contributed by atoms with Crippen molar-refractivity contribution in [2.75, 3.05) is 7.11 Å². The van der Waals surface area contributed by atoms with E-state index in [1.54, 1.807) is 32.2 Å². The SMILES string of the molecule is COc1ccc(-c2ccc(-c3nc4nc(Oc5ccc(C)c(C(=O)O)c5)[nH]c4cc3Cl)cc2)cc1. The van der Waals surface area contributed by atoms with Crippen LogP contribution < -0.4 is 9.47 Å². The number of aromatic nitrogens is 3. The maximum atomic E-state index is 11.4. The minimum Gasteiger partial charge on any atom is -0.497 e. The minimum atomic E-state index is -1.02. The molecule has 0 spiro atoms. The van der Waals surface area contributed by atoms with Gasteiger partial charge in [-0.05, 0) is 53.9 Å². The Kier molecular flexibility index (Phi) is 5.84. The number of benzene rings is 3. The number of halogens is 1. The average molecular weight is 486 g/mol. The van der Waals surface area contributed by atoms with E-state index in [4.69, 9.17) is 21.1 Å². The third kappa shape index (κ3) is 4.54. The van der Waals surface area contributed by atoms with E-state index in [-0.39, 0.29) is 11.6 Å². The summed E-state index contributed by atoms with van der Waals surface area (Å²) in [6.07, 6.45) is 0. The fraction of sp³-hybridized carbons (Fsp3) is 0.0741. The number of carbonyl (C=O) groups is 1. The van der Waals surface area contributed by atoms with Crippen molar-refractivity contribution < 1.29 is 19.4 Å². The predicted octanol–water partition coefficient (Wildman–Crippen LogP) is 6.75. The van der Waals surface area contributed by atoms with Gasteiger partial charge in [0.15, 0.2) is 5.65 Å². The first-order chi connectivity index (χ1) is 16.9. The Hall–Kier alpha value is -4.36. The van der Waals surface area contributed by atoms with Crippen molar-refractivity contribution in [2.24, 2.45) is 0 Å². The van der Waals surface area contributed by atoms with Gasteiger partial charge in [0, 0.05) is 5.56 Å². The number of rotatable bonds is 6. The van der Waals surface area contributed by atoms with Gasteiger partial charge < -0.3 is 19.6 Å². The summed E-state index contributed by atoms with van der Waals surface area (Å²) in [5.74, 6) is 0.142. The summed E-state index contributed by atoms with van der Waals surface area (Å²) in [6, 6.07) is 22.6. The van der Waals surface area contributed by atoms with Crippen LogP contribution >= 0.6 is 11.6 Å². The third-order valence-electron chi connectivity index (χ3n) is 5.64. The number of imidazole rings is 1. The Bertz CT molecular complexity index is 1540. The number of carboxylic acid groups (broad SMARTS) is 1. The summed E-state index contributed by atoms with van der Waals surface area (Å²) in [5, 5.41) is 9.80. The van der Waals surface area contributed by atoms with Gasteiger partial charge in [-0.3, -0.25) is 0 Å².